The second-order valence-electron chi connectivity index (χ2n) is 4.19. The van der Waals surface area contributed by atoms with Crippen LogP contribution in [0.5, 0.6) is 0 Å². The fourth-order valence-electron chi connectivity index (χ4n) is 2.06. The Bertz CT molecular complexity index is 354. The van der Waals surface area contributed by atoms with Gasteiger partial charge in [0.25, 0.3) is 0 Å². The van der Waals surface area contributed by atoms with Crippen molar-refractivity contribution >= 4 is 11.6 Å². The van der Waals surface area contributed by atoms with Crippen LogP contribution in [0.25, 0.3) is 0 Å². The van der Waals surface area contributed by atoms with Gasteiger partial charge in [-0.05, 0) is 25.7 Å². The molecule has 2 nitrogen and oxygen atoms in total. The number of rotatable bonds is 3. The van der Waals surface area contributed by atoms with E-state index >= 15 is 0 Å². The Balaban J connectivity index is 1.91. The Morgan fingerprint density at radius 2 is 2.40 bits per heavy atom. The van der Waals surface area contributed by atoms with Crippen molar-refractivity contribution in [2.75, 3.05) is 0 Å². The van der Waals surface area contributed by atoms with E-state index in [2.05, 4.69) is 15.6 Å². The Kier molecular flexibility index (Phi) is 3.47. The van der Waals surface area contributed by atoms with Crippen LogP contribution in [0.4, 0.5) is 0 Å². The lowest BCUT2D eigenvalue weighted by Crippen LogP contribution is -2.05. The molecular weight excluding hydrogens is 208 g/mol. The fourth-order valence-corrected chi connectivity index (χ4v) is 2.40. The number of hydrogen-bond donors (Lipinski definition) is 0. The number of halogens is 1. The van der Waals surface area contributed by atoms with Gasteiger partial charge < -0.3 is 4.57 Å². The lowest BCUT2D eigenvalue weighted by molar-refractivity contribution is 0.665. The molecule has 82 valence electrons. The van der Waals surface area contributed by atoms with Gasteiger partial charge in [-0.15, -0.1) is 11.6 Å². The van der Waals surface area contributed by atoms with Crippen molar-refractivity contribution in [3.05, 3.63) is 29.9 Å². The Hall–Kier alpha value is -0.760. The normalized spacial score (nSPS) is 21.5. The molecule has 1 unspecified atom stereocenters. The number of imidazole rings is 1. The molecule has 0 spiro atoms. The molecule has 0 amide bonds. The van der Waals surface area contributed by atoms with Gasteiger partial charge in [0.2, 0.25) is 0 Å². The van der Waals surface area contributed by atoms with Crippen molar-refractivity contribution in [3.63, 3.8) is 0 Å². The van der Waals surface area contributed by atoms with Crippen LogP contribution in [0.2, 0.25) is 0 Å². The van der Waals surface area contributed by atoms with Gasteiger partial charge in [-0.3, -0.25) is 0 Å². The van der Waals surface area contributed by atoms with Crippen molar-refractivity contribution in [2.24, 2.45) is 7.05 Å². The summed E-state index contributed by atoms with van der Waals surface area (Å²) in [4.78, 5) is 4.32. The van der Waals surface area contributed by atoms with Crippen LogP contribution in [-0.2, 0) is 13.5 Å². The van der Waals surface area contributed by atoms with Crippen LogP contribution in [0.3, 0.4) is 0 Å². The quantitative estimate of drug-likeness (QED) is 0.570. The third-order valence-corrected chi connectivity index (χ3v) is 3.33. The largest absolute Gasteiger partial charge is 0.338 e. The molecule has 0 saturated carbocycles. The molecule has 0 N–H and O–H groups in total. The molecule has 0 aromatic carbocycles. The van der Waals surface area contributed by atoms with Crippen LogP contribution in [0, 0.1) is 0 Å². The van der Waals surface area contributed by atoms with Gasteiger partial charge in [-0.1, -0.05) is 11.6 Å². The van der Waals surface area contributed by atoms with E-state index in [-0.39, 0.29) is 5.38 Å². The minimum atomic E-state index is 0.259. The third kappa shape index (κ3) is 2.85. The lowest BCUT2D eigenvalue weighted by atomic mass is 9.96. The fraction of sp³-hybridized carbons (Fsp3) is 0.583. The van der Waals surface area contributed by atoms with Crippen molar-refractivity contribution in [1.29, 1.82) is 0 Å². The predicted octanol–water partition coefficient (Wildman–Crippen LogP) is 3.07. The zero-order valence-electron chi connectivity index (χ0n) is 9.12. The minimum absolute atomic E-state index is 0.259. The first-order valence-corrected chi connectivity index (χ1v) is 5.99. The molecule has 0 fully saturated rings. The molecule has 1 atom stereocenters. The van der Waals surface area contributed by atoms with Crippen LogP contribution >= 0.6 is 11.6 Å². The maximum Gasteiger partial charge on any atom is 0.108 e. The van der Waals surface area contributed by atoms with Crippen LogP contribution in [0.1, 0.15) is 31.5 Å². The molecule has 1 aliphatic carbocycles. The highest BCUT2D eigenvalue weighted by Crippen LogP contribution is 2.24. The highest BCUT2D eigenvalue weighted by Gasteiger charge is 2.11. The SMILES string of the molecule is Cn1ccnc1CCC1=CC(Cl)CCC1. The summed E-state index contributed by atoms with van der Waals surface area (Å²) in [6.07, 6.45) is 11.8. The molecule has 1 aromatic heterocycles. The molecule has 0 saturated heterocycles. The van der Waals surface area contributed by atoms with Crippen molar-refractivity contribution in [2.45, 2.75) is 37.5 Å². The molecule has 0 aliphatic heterocycles. The van der Waals surface area contributed by atoms with E-state index in [9.17, 15) is 0 Å². The molecule has 1 aliphatic rings. The summed E-state index contributed by atoms with van der Waals surface area (Å²) in [5.74, 6) is 1.16. The average molecular weight is 225 g/mol. The first-order chi connectivity index (χ1) is 7.25. The zero-order chi connectivity index (χ0) is 10.7. The number of alkyl halides is 1. The lowest BCUT2D eigenvalue weighted by Gasteiger charge is -2.16. The second kappa shape index (κ2) is 4.84. The summed E-state index contributed by atoms with van der Waals surface area (Å²) < 4.78 is 2.08. The van der Waals surface area contributed by atoms with E-state index in [1.807, 2.05) is 19.4 Å². The van der Waals surface area contributed by atoms with Gasteiger partial charge in [0.15, 0.2) is 0 Å². The van der Waals surface area contributed by atoms with E-state index in [4.69, 9.17) is 11.6 Å². The van der Waals surface area contributed by atoms with Crippen LogP contribution in [0.15, 0.2) is 24.0 Å². The molecule has 0 radical (unpaired) electrons. The Morgan fingerprint density at radius 1 is 1.53 bits per heavy atom. The van der Waals surface area contributed by atoms with E-state index < -0.39 is 0 Å². The van der Waals surface area contributed by atoms with Gasteiger partial charge in [0.1, 0.15) is 5.82 Å². The third-order valence-electron chi connectivity index (χ3n) is 2.99. The molecule has 2 rings (SSSR count). The van der Waals surface area contributed by atoms with Gasteiger partial charge in [-0.2, -0.15) is 0 Å². The van der Waals surface area contributed by atoms with Gasteiger partial charge in [0.05, 0.1) is 5.38 Å². The second-order valence-corrected chi connectivity index (χ2v) is 4.75. The number of nitrogens with zero attached hydrogens (tertiary/aromatic N) is 2. The monoisotopic (exact) mass is 224 g/mol. The van der Waals surface area contributed by atoms with E-state index in [1.54, 1.807) is 0 Å². The van der Waals surface area contributed by atoms with E-state index in [1.165, 1.54) is 18.4 Å². The Labute approximate surface area is 96.0 Å². The maximum absolute atomic E-state index is 6.11. The minimum Gasteiger partial charge on any atom is -0.338 e. The first-order valence-electron chi connectivity index (χ1n) is 5.55. The van der Waals surface area contributed by atoms with Crippen molar-refractivity contribution in [1.82, 2.24) is 9.55 Å². The standard InChI is InChI=1S/C12H17ClN2/c1-15-8-7-14-12(15)6-5-10-3-2-4-11(13)9-10/h7-9,11H,2-6H2,1H3. The summed E-state index contributed by atoms with van der Waals surface area (Å²) in [5.41, 5.74) is 1.50. The smallest absolute Gasteiger partial charge is 0.108 e. The molecule has 15 heavy (non-hydrogen) atoms. The molecular formula is C12H17ClN2. The highest BCUT2D eigenvalue weighted by atomic mass is 35.5. The van der Waals surface area contributed by atoms with Gasteiger partial charge >= 0.3 is 0 Å². The van der Waals surface area contributed by atoms with Crippen molar-refractivity contribution in [3.8, 4) is 0 Å². The van der Waals surface area contributed by atoms with E-state index in [0.29, 0.717) is 0 Å². The van der Waals surface area contributed by atoms with Crippen LogP contribution < -0.4 is 0 Å². The number of hydrogen-bond acceptors (Lipinski definition) is 1. The molecule has 1 heterocycles. The summed E-state index contributed by atoms with van der Waals surface area (Å²) >= 11 is 6.11. The number of allylic oxidation sites excluding steroid dienone is 2. The number of aromatic nitrogens is 2. The molecule has 0 bridgehead atoms. The average Bonchev–Trinajstić information content (AvgIpc) is 2.61. The summed E-state index contributed by atoms with van der Waals surface area (Å²) in [6.45, 7) is 0. The zero-order valence-corrected chi connectivity index (χ0v) is 9.87. The maximum atomic E-state index is 6.11. The summed E-state index contributed by atoms with van der Waals surface area (Å²) in [7, 11) is 2.04. The van der Waals surface area contributed by atoms with Gasteiger partial charge in [-0.25, -0.2) is 4.98 Å². The first kappa shape index (κ1) is 10.7. The summed E-state index contributed by atoms with van der Waals surface area (Å²) in [6, 6.07) is 0. The van der Waals surface area contributed by atoms with Gasteiger partial charge in [0, 0.05) is 25.9 Å². The Morgan fingerprint density at radius 3 is 3.07 bits per heavy atom. The van der Waals surface area contributed by atoms with E-state index in [0.717, 1.165) is 25.1 Å². The summed E-state index contributed by atoms with van der Waals surface area (Å²) in [5, 5.41) is 0.259. The predicted molar refractivity (Wildman–Crippen MR) is 63.1 cm³/mol. The molecule has 3 heteroatoms. The van der Waals surface area contributed by atoms with Crippen molar-refractivity contribution < 1.29 is 0 Å². The molecule has 1 aromatic rings. The topological polar surface area (TPSA) is 17.8 Å². The highest BCUT2D eigenvalue weighted by molar-refractivity contribution is 6.21. The number of aryl methyl sites for hydroxylation is 2. The van der Waals surface area contributed by atoms with Crippen LogP contribution in [-0.4, -0.2) is 14.9 Å².